The van der Waals surface area contributed by atoms with Crippen molar-refractivity contribution in [2.24, 2.45) is 5.41 Å². The number of benzene rings is 1. The molecule has 0 heterocycles. The molecule has 2 heteroatoms. The second-order valence-electron chi connectivity index (χ2n) is 4.10. The first kappa shape index (κ1) is 10.1. The van der Waals surface area contributed by atoms with Gasteiger partial charge in [0.2, 0.25) is 0 Å². The molecule has 0 aliphatic heterocycles. The first-order valence-corrected chi connectivity index (χ1v) is 5.08. The Bertz CT molecular complexity index is 399. The first-order valence-electron chi connectivity index (χ1n) is 5.08. The van der Waals surface area contributed by atoms with Crippen molar-refractivity contribution < 1.29 is 9.18 Å². The van der Waals surface area contributed by atoms with Crippen molar-refractivity contribution in [1.29, 1.82) is 0 Å². The van der Waals surface area contributed by atoms with E-state index in [2.05, 4.69) is 0 Å². The van der Waals surface area contributed by atoms with E-state index in [0.29, 0.717) is 0 Å². The van der Waals surface area contributed by atoms with Crippen molar-refractivity contribution in [3.8, 4) is 0 Å². The van der Waals surface area contributed by atoms with E-state index in [-0.39, 0.29) is 17.0 Å². The minimum Gasteiger partial charge on any atom is -0.299 e. The lowest BCUT2D eigenvalue weighted by molar-refractivity contribution is -0.120. The molecule has 0 atom stereocenters. The molecule has 0 spiro atoms. The van der Waals surface area contributed by atoms with E-state index in [0.717, 1.165) is 18.4 Å². The van der Waals surface area contributed by atoms with Gasteiger partial charge < -0.3 is 0 Å². The molecule has 1 aliphatic rings. The molecular weight excluding hydrogens is 191 g/mol. The number of hydrogen-bond donors (Lipinski definition) is 0. The van der Waals surface area contributed by atoms with Crippen molar-refractivity contribution in [1.82, 2.24) is 0 Å². The quantitative estimate of drug-likeness (QED) is 0.738. The van der Waals surface area contributed by atoms with E-state index in [1.165, 1.54) is 12.1 Å². The van der Waals surface area contributed by atoms with E-state index in [1.807, 2.05) is 12.2 Å². The number of Topliss-reactive ketones (excluding diaryl/α,β-unsaturated/α-hetero) is 1. The Morgan fingerprint density at radius 2 is 1.93 bits per heavy atom. The predicted octanol–water partition coefficient (Wildman–Crippen LogP) is 3.21. The van der Waals surface area contributed by atoms with Gasteiger partial charge in [0, 0.05) is 5.41 Å². The largest absolute Gasteiger partial charge is 0.299 e. The zero-order chi connectivity index (χ0) is 10.9. The Hall–Kier alpha value is -1.44. The van der Waals surface area contributed by atoms with E-state index < -0.39 is 0 Å². The molecule has 0 saturated heterocycles. The first-order chi connectivity index (χ1) is 7.12. The van der Waals surface area contributed by atoms with Crippen LogP contribution in [0.5, 0.6) is 0 Å². The molecule has 1 fully saturated rings. The van der Waals surface area contributed by atoms with Crippen molar-refractivity contribution in [3.05, 3.63) is 41.7 Å². The van der Waals surface area contributed by atoms with Crippen LogP contribution >= 0.6 is 0 Å². The molecule has 0 N–H and O–H groups in total. The fraction of sp³-hybridized carbons (Fsp3) is 0.308. The third kappa shape index (κ3) is 2.14. The molecule has 1 saturated carbocycles. The number of hydrogen-bond acceptors (Lipinski definition) is 1. The highest BCUT2D eigenvalue weighted by Gasteiger charge is 2.44. The van der Waals surface area contributed by atoms with E-state index in [4.69, 9.17) is 0 Å². The van der Waals surface area contributed by atoms with Crippen LogP contribution in [0.25, 0.3) is 6.08 Å². The monoisotopic (exact) mass is 204 g/mol. The Balaban J connectivity index is 2.12. The molecule has 0 radical (unpaired) electrons. The number of ketones is 1. The van der Waals surface area contributed by atoms with Crippen LogP contribution in [0.15, 0.2) is 30.3 Å². The minimum atomic E-state index is -0.236. The summed E-state index contributed by atoms with van der Waals surface area (Å²) in [5, 5.41) is 0. The summed E-state index contributed by atoms with van der Waals surface area (Å²) >= 11 is 0. The van der Waals surface area contributed by atoms with E-state index in [9.17, 15) is 9.18 Å². The predicted molar refractivity (Wildman–Crippen MR) is 57.8 cm³/mol. The maximum atomic E-state index is 12.6. The van der Waals surface area contributed by atoms with Gasteiger partial charge in [0.05, 0.1) is 0 Å². The maximum absolute atomic E-state index is 12.6. The summed E-state index contributed by atoms with van der Waals surface area (Å²) < 4.78 is 12.6. The van der Waals surface area contributed by atoms with Gasteiger partial charge in [-0.05, 0) is 37.5 Å². The highest BCUT2D eigenvalue weighted by atomic mass is 19.1. The number of allylic oxidation sites excluding steroid dienone is 1. The zero-order valence-electron chi connectivity index (χ0n) is 8.66. The lowest BCUT2D eigenvalue weighted by Gasteiger charge is -2.03. The summed E-state index contributed by atoms with van der Waals surface area (Å²) in [6, 6.07) is 6.27. The average Bonchev–Trinajstić information content (AvgIpc) is 2.98. The lowest BCUT2D eigenvalue weighted by atomic mass is 10.0. The Kier molecular flexibility index (Phi) is 2.43. The molecule has 0 amide bonds. The number of carbonyl (C=O) groups is 1. The Morgan fingerprint density at radius 3 is 2.40 bits per heavy atom. The summed E-state index contributed by atoms with van der Waals surface area (Å²) in [7, 11) is 0. The van der Waals surface area contributed by atoms with Crippen LogP contribution in [0.1, 0.15) is 25.3 Å². The van der Waals surface area contributed by atoms with Gasteiger partial charge in [-0.2, -0.15) is 0 Å². The molecule has 1 aromatic carbocycles. The van der Waals surface area contributed by atoms with Crippen LogP contribution in [-0.2, 0) is 4.79 Å². The van der Waals surface area contributed by atoms with Gasteiger partial charge >= 0.3 is 0 Å². The van der Waals surface area contributed by atoms with Crippen LogP contribution in [0, 0.1) is 11.2 Å². The highest BCUT2D eigenvalue weighted by molar-refractivity contribution is 5.88. The van der Waals surface area contributed by atoms with Gasteiger partial charge in [0.25, 0.3) is 0 Å². The summed E-state index contributed by atoms with van der Waals surface area (Å²) in [4.78, 5) is 11.3. The summed E-state index contributed by atoms with van der Waals surface area (Å²) in [5.74, 6) is -0.0132. The molecule has 15 heavy (non-hydrogen) atoms. The standard InChI is InChI=1S/C13H13FO/c1-10(15)13(8-9-13)7-6-11-2-4-12(14)5-3-11/h2-7H,8-9H2,1H3/b7-6+. The molecule has 0 unspecified atom stereocenters. The van der Waals surface area contributed by atoms with Crippen LogP contribution in [-0.4, -0.2) is 5.78 Å². The normalized spacial score (nSPS) is 18.0. The van der Waals surface area contributed by atoms with Gasteiger partial charge in [-0.15, -0.1) is 0 Å². The number of rotatable bonds is 3. The summed E-state index contributed by atoms with van der Waals surface area (Å²) in [6.07, 6.45) is 5.73. The third-order valence-electron chi connectivity index (χ3n) is 2.95. The van der Waals surface area contributed by atoms with E-state index in [1.54, 1.807) is 19.1 Å². The third-order valence-corrected chi connectivity index (χ3v) is 2.95. The van der Waals surface area contributed by atoms with Crippen molar-refractivity contribution >= 4 is 11.9 Å². The maximum Gasteiger partial charge on any atom is 0.139 e. The van der Waals surface area contributed by atoms with Crippen LogP contribution < -0.4 is 0 Å². The highest BCUT2D eigenvalue weighted by Crippen LogP contribution is 2.48. The fourth-order valence-electron chi connectivity index (χ4n) is 1.60. The molecule has 0 bridgehead atoms. The second kappa shape index (κ2) is 3.61. The average molecular weight is 204 g/mol. The topological polar surface area (TPSA) is 17.1 Å². The zero-order valence-corrected chi connectivity index (χ0v) is 8.66. The van der Waals surface area contributed by atoms with Gasteiger partial charge in [-0.3, -0.25) is 4.79 Å². The smallest absolute Gasteiger partial charge is 0.139 e. The van der Waals surface area contributed by atoms with Crippen LogP contribution in [0.2, 0.25) is 0 Å². The van der Waals surface area contributed by atoms with Gasteiger partial charge in [-0.1, -0.05) is 24.3 Å². The minimum absolute atomic E-state index is 0.214. The molecule has 1 aromatic rings. The Morgan fingerprint density at radius 1 is 1.33 bits per heavy atom. The van der Waals surface area contributed by atoms with Crippen molar-refractivity contribution in [2.75, 3.05) is 0 Å². The molecule has 0 aromatic heterocycles. The summed E-state index contributed by atoms with van der Waals surface area (Å²) in [6.45, 7) is 1.63. The number of carbonyl (C=O) groups excluding carboxylic acids is 1. The van der Waals surface area contributed by atoms with E-state index >= 15 is 0 Å². The molecule has 1 aliphatic carbocycles. The molecular formula is C13H13FO. The van der Waals surface area contributed by atoms with Gasteiger partial charge in [0.1, 0.15) is 11.6 Å². The molecule has 2 rings (SSSR count). The molecule has 78 valence electrons. The summed E-state index contributed by atoms with van der Waals surface area (Å²) in [5.41, 5.74) is 0.720. The van der Waals surface area contributed by atoms with Crippen molar-refractivity contribution in [2.45, 2.75) is 19.8 Å². The SMILES string of the molecule is CC(=O)C1(/C=C/c2ccc(F)cc2)CC1. The fourth-order valence-corrected chi connectivity index (χ4v) is 1.60. The lowest BCUT2D eigenvalue weighted by Crippen LogP contribution is -2.07. The second-order valence-corrected chi connectivity index (χ2v) is 4.10. The van der Waals surface area contributed by atoms with Crippen molar-refractivity contribution in [3.63, 3.8) is 0 Å². The number of halogens is 1. The Labute approximate surface area is 88.6 Å². The van der Waals surface area contributed by atoms with Crippen LogP contribution in [0.4, 0.5) is 4.39 Å². The van der Waals surface area contributed by atoms with Crippen LogP contribution in [0.3, 0.4) is 0 Å². The van der Waals surface area contributed by atoms with Gasteiger partial charge in [-0.25, -0.2) is 4.39 Å². The molecule has 1 nitrogen and oxygen atoms in total. The van der Waals surface area contributed by atoms with Gasteiger partial charge in [0.15, 0.2) is 0 Å².